The molecule has 5 rings (SSSR count). The molecule has 0 saturated carbocycles. The van der Waals surface area contributed by atoms with Crippen molar-refractivity contribution in [3.8, 4) is 11.3 Å². The molecule has 3 heterocycles. The number of rotatable bonds is 2. The topological polar surface area (TPSA) is 25.8 Å². The molecule has 0 saturated heterocycles. The average molecular weight is 441 g/mol. The van der Waals surface area contributed by atoms with Gasteiger partial charge in [-0.1, -0.05) is 64.7 Å². The van der Waals surface area contributed by atoms with Gasteiger partial charge in [-0.2, -0.15) is 0 Å². The molecular weight excluding hydrogens is 412 g/mol. The van der Waals surface area contributed by atoms with Crippen LogP contribution in [0.4, 0.5) is 0 Å². The smallest absolute Gasteiger partial charge is 0.124 e. The van der Waals surface area contributed by atoms with Gasteiger partial charge in [-0.3, -0.25) is 4.98 Å². The second kappa shape index (κ2) is 6.97. The maximum atomic E-state index is 5.08. The van der Waals surface area contributed by atoms with Crippen molar-refractivity contribution < 1.29 is 0 Å². The molecule has 0 radical (unpaired) electrons. The Balaban J connectivity index is 1.80. The summed E-state index contributed by atoms with van der Waals surface area (Å²) in [7, 11) is -1.46. The SMILES string of the molecule is CC(C)(C)c1cc(-c2nccc3c2sc2nc([Si](C)(C)C)ccc23)cc2ccccc12. The van der Waals surface area contributed by atoms with Crippen LogP contribution in [0.15, 0.2) is 60.8 Å². The number of hydrogen-bond acceptors (Lipinski definition) is 3. The third-order valence-corrected chi connectivity index (χ3v) is 8.90. The zero-order valence-electron chi connectivity index (χ0n) is 19.1. The largest absolute Gasteiger partial charge is 0.255 e. The fraction of sp³-hybridized carbons (Fsp3) is 0.259. The summed E-state index contributed by atoms with van der Waals surface area (Å²) in [5.41, 5.74) is 3.66. The zero-order valence-corrected chi connectivity index (χ0v) is 20.9. The van der Waals surface area contributed by atoms with Gasteiger partial charge < -0.3 is 0 Å². The predicted molar refractivity (Wildman–Crippen MR) is 140 cm³/mol. The van der Waals surface area contributed by atoms with Crippen LogP contribution in [0.1, 0.15) is 26.3 Å². The highest BCUT2D eigenvalue weighted by Crippen LogP contribution is 2.40. The molecule has 5 aromatic rings. The van der Waals surface area contributed by atoms with Gasteiger partial charge in [0.1, 0.15) is 12.9 Å². The molecule has 0 aliphatic carbocycles. The van der Waals surface area contributed by atoms with E-state index >= 15 is 0 Å². The molecule has 31 heavy (non-hydrogen) atoms. The third kappa shape index (κ3) is 3.48. The minimum atomic E-state index is -1.46. The summed E-state index contributed by atoms with van der Waals surface area (Å²) in [6.45, 7) is 13.9. The summed E-state index contributed by atoms with van der Waals surface area (Å²) < 4.78 is 1.23. The normalized spacial score (nSPS) is 12.8. The van der Waals surface area contributed by atoms with Gasteiger partial charge in [-0.25, -0.2) is 4.98 Å². The molecule has 2 nitrogen and oxygen atoms in total. The molecule has 3 aromatic heterocycles. The van der Waals surface area contributed by atoms with E-state index in [1.165, 1.54) is 42.7 Å². The second-order valence-corrected chi connectivity index (χ2v) is 16.4. The van der Waals surface area contributed by atoms with E-state index in [0.29, 0.717) is 0 Å². The fourth-order valence-electron chi connectivity index (χ4n) is 4.27. The van der Waals surface area contributed by atoms with Gasteiger partial charge in [0.2, 0.25) is 0 Å². The zero-order chi connectivity index (χ0) is 22.0. The maximum Gasteiger partial charge on any atom is 0.124 e. The standard InChI is InChI=1S/C27H28N2SSi/c1-27(2,3)22-16-18(15-17-9-7-8-10-19(17)22)24-25-20(13-14-28-24)21-11-12-23(31(4,5)6)29-26(21)30-25/h7-16H,1-6H3. The van der Waals surface area contributed by atoms with Gasteiger partial charge in [0, 0.05) is 27.8 Å². The number of thiophene rings is 1. The minimum Gasteiger partial charge on any atom is -0.255 e. The Morgan fingerprint density at radius 1 is 0.839 bits per heavy atom. The lowest BCUT2D eigenvalue weighted by atomic mass is 9.82. The molecule has 0 atom stereocenters. The highest BCUT2D eigenvalue weighted by atomic mass is 32.1. The van der Waals surface area contributed by atoms with Crippen LogP contribution in [0.3, 0.4) is 0 Å². The Kier molecular flexibility index (Phi) is 4.58. The maximum absolute atomic E-state index is 5.08. The van der Waals surface area contributed by atoms with E-state index in [2.05, 4.69) is 95.0 Å². The van der Waals surface area contributed by atoms with Gasteiger partial charge in [0.05, 0.1) is 10.4 Å². The summed E-state index contributed by atoms with van der Waals surface area (Å²) in [5, 5.41) is 6.35. The Morgan fingerprint density at radius 3 is 2.35 bits per heavy atom. The number of pyridine rings is 2. The van der Waals surface area contributed by atoms with Gasteiger partial charge in [-0.05, 0) is 52.1 Å². The number of hydrogen-bond donors (Lipinski definition) is 0. The summed E-state index contributed by atoms with van der Waals surface area (Å²) >= 11 is 1.78. The van der Waals surface area contributed by atoms with E-state index in [0.717, 1.165) is 10.5 Å². The molecule has 0 fully saturated rings. The van der Waals surface area contributed by atoms with Gasteiger partial charge in [0.15, 0.2) is 0 Å². The Morgan fingerprint density at radius 2 is 1.61 bits per heavy atom. The predicted octanol–water partition coefficient (Wildman–Crippen LogP) is 7.51. The quantitative estimate of drug-likeness (QED) is 0.265. The molecule has 0 bridgehead atoms. The number of aromatic nitrogens is 2. The first kappa shape index (κ1) is 20.3. The van der Waals surface area contributed by atoms with Crippen molar-refractivity contribution in [3.63, 3.8) is 0 Å². The average Bonchev–Trinajstić information content (AvgIpc) is 3.09. The van der Waals surface area contributed by atoms with Gasteiger partial charge in [0.25, 0.3) is 0 Å². The molecule has 0 aliphatic heterocycles. The van der Waals surface area contributed by atoms with Crippen molar-refractivity contribution in [3.05, 3.63) is 66.4 Å². The first-order valence-electron chi connectivity index (χ1n) is 10.9. The van der Waals surface area contributed by atoms with Crippen LogP contribution in [-0.2, 0) is 5.41 Å². The lowest BCUT2D eigenvalue weighted by Gasteiger charge is -2.22. The highest BCUT2D eigenvalue weighted by Gasteiger charge is 2.22. The first-order chi connectivity index (χ1) is 14.6. The van der Waals surface area contributed by atoms with Crippen molar-refractivity contribution in [2.75, 3.05) is 0 Å². The van der Waals surface area contributed by atoms with Crippen molar-refractivity contribution in [2.45, 2.75) is 45.8 Å². The van der Waals surface area contributed by atoms with E-state index in [-0.39, 0.29) is 5.41 Å². The Labute approximate surface area is 189 Å². The molecule has 0 amide bonds. The van der Waals surface area contributed by atoms with E-state index in [1.54, 1.807) is 11.3 Å². The highest BCUT2D eigenvalue weighted by molar-refractivity contribution is 7.26. The van der Waals surface area contributed by atoms with Crippen molar-refractivity contribution in [1.82, 2.24) is 9.97 Å². The van der Waals surface area contributed by atoms with E-state index in [1.807, 2.05) is 6.20 Å². The number of nitrogens with zero attached hydrogens (tertiary/aromatic N) is 2. The van der Waals surface area contributed by atoms with Crippen LogP contribution >= 0.6 is 11.3 Å². The number of fused-ring (bicyclic) bond motifs is 4. The molecule has 156 valence electrons. The van der Waals surface area contributed by atoms with Crippen LogP contribution < -0.4 is 5.32 Å². The van der Waals surface area contributed by atoms with Crippen molar-refractivity contribution >= 4 is 55.8 Å². The van der Waals surface area contributed by atoms with Crippen molar-refractivity contribution in [2.24, 2.45) is 0 Å². The van der Waals surface area contributed by atoms with Gasteiger partial charge >= 0.3 is 0 Å². The second-order valence-electron chi connectivity index (χ2n) is 10.4. The minimum absolute atomic E-state index is 0.0530. The summed E-state index contributed by atoms with van der Waals surface area (Å²) in [5.74, 6) is 0. The van der Waals surface area contributed by atoms with Crippen LogP contribution in [-0.4, -0.2) is 18.0 Å². The lowest BCUT2D eigenvalue weighted by Crippen LogP contribution is -2.39. The van der Waals surface area contributed by atoms with E-state index in [9.17, 15) is 0 Å². The van der Waals surface area contributed by atoms with Crippen molar-refractivity contribution in [1.29, 1.82) is 0 Å². The third-order valence-electron chi connectivity index (χ3n) is 5.97. The molecular formula is C27H28N2SSi. The van der Waals surface area contributed by atoms with Crippen LogP contribution in [0.5, 0.6) is 0 Å². The first-order valence-corrected chi connectivity index (χ1v) is 15.2. The summed E-state index contributed by atoms with van der Waals surface area (Å²) in [4.78, 5) is 11.1. The Hall–Kier alpha value is -2.56. The molecule has 4 heteroatoms. The monoisotopic (exact) mass is 440 g/mol. The van der Waals surface area contributed by atoms with Gasteiger partial charge in [-0.15, -0.1) is 11.3 Å². The van der Waals surface area contributed by atoms with Crippen LogP contribution in [0, 0.1) is 0 Å². The molecule has 0 N–H and O–H groups in total. The summed E-state index contributed by atoms with van der Waals surface area (Å²) in [6.07, 6.45) is 1.95. The fourth-order valence-corrected chi connectivity index (χ4v) is 6.57. The lowest BCUT2D eigenvalue weighted by molar-refractivity contribution is 0.596. The van der Waals surface area contributed by atoms with Crippen LogP contribution in [0.25, 0.3) is 42.3 Å². The molecule has 0 spiro atoms. The molecule has 0 aliphatic rings. The molecule has 0 unspecified atom stereocenters. The molecule has 2 aromatic carbocycles. The van der Waals surface area contributed by atoms with E-state index < -0.39 is 8.07 Å². The number of benzene rings is 2. The summed E-state index contributed by atoms with van der Waals surface area (Å²) in [6, 6.07) is 20.0. The Bertz CT molecular complexity index is 1450. The van der Waals surface area contributed by atoms with Crippen LogP contribution in [0.2, 0.25) is 19.6 Å². The van der Waals surface area contributed by atoms with E-state index in [4.69, 9.17) is 9.97 Å².